The average Bonchev–Trinajstić information content (AvgIpc) is 3.27. The molecule has 0 radical (unpaired) electrons. The maximum atomic E-state index is 13.0. The Bertz CT molecular complexity index is 1340. The van der Waals surface area contributed by atoms with Gasteiger partial charge in [-0.05, 0) is 44.2 Å². The lowest BCUT2D eigenvalue weighted by Crippen LogP contribution is -2.15. The van der Waals surface area contributed by atoms with Crippen molar-refractivity contribution in [3.8, 4) is 11.3 Å². The van der Waals surface area contributed by atoms with Gasteiger partial charge in [0.25, 0.3) is 11.7 Å². The van der Waals surface area contributed by atoms with E-state index in [0.717, 1.165) is 59.5 Å². The number of fused-ring (bicyclic) bond motifs is 2. The number of rotatable bonds is 4. The minimum atomic E-state index is -1.02. The number of carboxylic acid groups (broad SMARTS) is 1. The lowest BCUT2D eigenvalue weighted by atomic mass is 10.1. The fraction of sp³-hybridized carbons (Fsp3) is 0.261. The Morgan fingerprint density at radius 1 is 1.09 bits per heavy atom. The van der Waals surface area contributed by atoms with Gasteiger partial charge in [-0.1, -0.05) is 36.8 Å². The molecule has 0 unspecified atom stereocenters. The molecule has 3 aromatic heterocycles. The Morgan fingerprint density at radius 2 is 1.88 bits per heavy atom. The van der Waals surface area contributed by atoms with E-state index >= 15 is 0 Å². The average molecular weight is 448 g/mol. The SMILES string of the molecule is Cc1cc(-c2ccccc2)n2nc(C(=O)Nc3sc4c(c3C(=O)O)CCCCC4)nc2n1. The molecule has 3 heterocycles. The molecule has 9 heteroatoms. The maximum Gasteiger partial charge on any atom is 0.339 e. The van der Waals surface area contributed by atoms with Gasteiger partial charge in [-0.15, -0.1) is 16.4 Å². The van der Waals surface area contributed by atoms with Gasteiger partial charge >= 0.3 is 5.97 Å². The van der Waals surface area contributed by atoms with Crippen LogP contribution in [0.5, 0.6) is 0 Å². The highest BCUT2D eigenvalue weighted by atomic mass is 32.1. The van der Waals surface area contributed by atoms with Crippen molar-refractivity contribution in [2.45, 2.75) is 39.0 Å². The van der Waals surface area contributed by atoms with E-state index in [0.29, 0.717) is 10.8 Å². The second kappa shape index (κ2) is 8.16. The topological polar surface area (TPSA) is 109 Å². The van der Waals surface area contributed by atoms with Gasteiger partial charge in [0.15, 0.2) is 0 Å². The van der Waals surface area contributed by atoms with Crippen LogP contribution >= 0.6 is 11.3 Å². The number of hydrogen-bond donors (Lipinski definition) is 2. The van der Waals surface area contributed by atoms with Crippen molar-refractivity contribution in [1.82, 2.24) is 19.6 Å². The van der Waals surface area contributed by atoms with Crippen molar-refractivity contribution in [3.05, 3.63) is 63.9 Å². The van der Waals surface area contributed by atoms with Crippen LogP contribution in [0.4, 0.5) is 5.00 Å². The number of anilines is 1. The molecule has 162 valence electrons. The van der Waals surface area contributed by atoms with Crippen LogP contribution in [-0.4, -0.2) is 36.6 Å². The van der Waals surface area contributed by atoms with E-state index in [9.17, 15) is 14.7 Å². The van der Waals surface area contributed by atoms with Crippen LogP contribution in [0.15, 0.2) is 36.4 Å². The van der Waals surface area contributed by atoms with Crippen molar-refractivity contribution in [1.29, 1.82) is 0 Å². The second-order valence-electron chi connectivity index (χ2n) is 7.82. The largest absolute Gasteiger partial charge is 0.478 e. The molecule has 1 aliphatic rings. The third-order valence-electron chi connectivity index (χ3n) is 5.58. The zero-order valence-corrected chi connectivity index (χ0v) is 18.3. The number of carboxylic acids is 1. The van der Waals surface area contributed by atoms with Crippen molar-refractivity contribution >= 4 is 34.0 Å². The van der Waals surface area contributed by atoms with Crippen LogP contribution in [0, 0.1) is 6.92 Å². The van der Waals surface area contributed by atoms with Crippen LogP contribution < -0.4 is 5.32 Å². The van der Waals surface area contributed by atoms with E-state index in [1.54, 1.807) is 4.52 Å². The Balaban J connectivity index is 1.52. The molecule has 0 bridgehead atoms. The number of aromatic carboxylic acids is 1. The molecular formula is C23H21N5O3S. The van der Waals surface area contributed by atoms with Gasteiger partial charge < -0.3 is 10.4 Å². The van der Waals surface area contributed by atoms with Gasteiger partial charge in [0.05, 0.1) is 11.3 Å². The van der Waals surface area contributed by atoms with Crippen LogP contribution in [0.1, 0.15) is 56.4 Å². The summed E-state index contributed by atoms with van der Waals surface area (Å²) in [5.74, 6) is -1.31. The van der Waals surface area contributed by atoms with E-state index in [2.05, 4.69) is 20.4 Å². The molecule has 0 saturated carbocycles. The van der Waals surface area contributed by atoms with Crippen LogP contribution in [0.25, 0.3) is 17.0 Å². The minimum absolute atomic E-state index is 0.0554. The summed E-state index contributed by atoms with van der Waals surface area (Å²) in [6.45, 7) is 1.86. The van der Waals surface area contributed by atoms with Gasteiger partial charge in [-0.2, -0.15) is 9.50 Å². The maximum absolute atomic E-state index is 13.0. The van der Waals surface area contributed by atoms with Crippen molar-refractivity contribution in [2.24, 2.45) is 0 Å². The Morgan fingerprint density at radius 3 is 2.66 bits per heavy atom. The van der Waals surface area contributed by atoms with Crippen molar-refractivity contribution < 1.29 is 14.7 Å². The summed E-state index contributed by atoms with van der Waals surface area (Å²) >= 11 is 1.35. The monoisotopic (exact) mass is 447 g/mol. The summed E-state index contributed by atoms with van der Waals surface area (Å²) in [7, 11) is 0. The number of nitrogens with zero attached hydrogens (tertiary/aromatic N) is 4. The first-order valence-electron chi connectivity index (χ1n) is 10.5. The first kappa shape index (κ1) is 20.3. The number of benzene rings is 1. The summed E-state index contributed by atoms with van der Waals surface area (Å²) in [6, 6.07) is 11.6. The molecule has 0 fully saturated rings. The number of carbonyl (C=O) groups excluding carboxylic acids is 1. The van der Waals surface area contributed by atoms with Gasteiger partial charge in [0.1, 0.15) is 5.00 Å². The summed E-state index contributed by atoms with van der Waals surface area (Å²) in [4.78, 5) is 34.7. The van der Waals surface area contributed by atoms with E-state index in [1.165, 1.54) is 11.3 Å². The number of hydrogen-bond acceptors (Lipinski definition) is 6. The molecule has 0 atom stereocenters. The number of amides is 1. The molecule has 0 aliphatic heterocycles. The third-order valence-corrected chi connectivity index (χ3v) is 6.78. The standard InChI is InChI=1S/C23H21N5O3S/c1-13-12-16(14-8-4-2-5-9-14)28-23(24-13)25-19(27-28)20(29)26-21-18(22(30)31)15-10-6-3-7-11-17(15)32-21/h2,4-5,8-9,12H,3,6-7,10-11H2,1H3,(H,26,29)(H,30,31). The summed E-state index contributed by atoms with van der Waals surface area (Å²) in [5, 5.41) is 17.3. The predicted octanol–water partition coefficient (Wildman–Crippen LogP) is 4.38. The zero-order chi connectivity index (χ0) is 22.2. The Kier molecular flexibility index (Phi) is 5.18. The van der Waals surface area contributed by atoms with Gasteiger partial charge in [-0.3, -0.25) is 4.79 Å². The lowest BCUT2D eigenvalue weighted by molar-refractivity contribution is 0.0697. The van der Waals surface area contributed by atoms with E-state index in [-0.39, 0.29) is 11.4 Å². The minimum Gasteiger partial charge on any atom is -0.478 e. The number of aryl methyl sites for hydroxylation is 2. The van der Waals surface area contributed by atoms with Crippen LogP contribution in [0.2, 0.25) is 0 Å². The fourth-order valence-electron chi connectivity index (χ4n) is 4.11. The quantitative estimate of drug-likeness (QED) is 0.449. The summed E-state index contributed by atoms with van der Waals surface area (Å²) in [6.07, 6.45) is 4.63. The number of carbonyl (C=O) groups is 2. The molecule has 32 heavy (non-hydrogen) atoms. The Hall–Kier alpha value is -3.59. The number of nitrogens with one attached hydrogen (secondary N) is 1. The molecular weight excluding hydrogens is 426 g/mol. The molecule has 1 aliphatic carbocycles. The molecule has 1 amide bonds. The molecule has 5 rings (SSSR count). The molecule has 1 aromatic carbocycles. The zero-order valence-electron chi connectivity index (χ0n) is 17.5. The smallest absolute Gasteiger partial charge is 0.339 e. The normalized spacial score (nSPS) is 13.5. The van der Waals surface area contributed by atoms with E-state index in [4.69, 9.17) is 0 Å². The summed E-state index contributed by atoms with van der Waals surface area (Å²) < 4.78 is 1.54. The highest BCUT2D eigenvalue weighted by Crippen LogP contribution is 2.37. The molecule has 0 spiro atoms. The highest BCUT2D eigenvalue weighted by Gasteiger charge is 2.27. The third kappa shape index (κ3) is 3.64. The molecule has 4 aromatic rings. The number of thiophene rings is 1. The molecule has 8 nitrogen and oxygen atoms in total. The number of aromatic nitrogens is 4. The van der Waals surface area contributed by atoms with Crippen molar-refractivity contribution in [3.63, 3.8) is 0 Å². The van der Waals surface area contributed by atoms with Gasteiger partial charge in [-0.25, -0.2) is 9.78 Å². The fourth-order valence-corrected chi connectivity index (χ4v) is 5.39. The first-order valence-corrected chi connectivity index (χ1v) is 11.3. The van der Waals surface area contributed by atoms with Crippen LogP contribution in [0.3, 0.4) is 0 Å². The van der Waals surface area contributed by atoms with Crippen molar-refractivity contribution in [2.75, 3.05) is 5.32 Å². The Labute approximate surface area is 188 Å². The van der Waals surface area contributed by atoms with E-state index in [1.807, 2.05) is 43.3 Å². The van der Waals surface area contributed by atoms with Crippen LogP contribution in [-0.2, 0) is 12.8 Å². The predicted molar refractivity (Wildman–Crippen MR) is 121 cm³/mol. The van der Waals surface area contributed by atoms with Gasteiger partial charge in [0.2, 0.25) is 5.82 Å². The summed E-state index contributed by atoms with van der Waals surface area (Å²) in [5.41, 5.74) is 3.50. The highest BCUT2D eigenvalue weighted by molar-refractivity contribution is 7.17. The lowest BCUT2D eigenvalue weighted by Gasteiger charge is -2.05. The second-order valence-corrected chi connectivity index (χ2v) is 8.93. The first-order chi connectivity index (χ1) is 15.5. The van der Waals surface area contributed by atoms with E-state index < -0.39 is 11.9 Å². The molecule has 2 N–H and O–H groups in total. The molecule has 0 saturated heterocycles. The van der Waals surface area contributed by atoms with Gasteiger partial charge in [0, 0.05) is 16.1 Å².